The van der Waals surface area contributed by atoms with Crippen LogP contribution in [0.1, 0.15) is 11.1 Å². The van der Waals surface area contributed by atoms with Crippen LogP contribution in [0.5, 0.6) is 0 Å². The summed E-state index contributed by atoms with van der Waals surface area (Å²) in [6, 6.07) is 6.58. The standard InChI is InChI=1S/C12H18OS2/c1-10-3-4-12(9-11(10)2)15-8-6-13-5-7-14/h3-4,9,14H,5-8H2,1-2H3. The van der Waals surface area contributed by atoms with Crippen molar-refractivity contribution in [2.75, 3.05) is 24.7 Å². The molecule has 1 aromatic carbocycles. The first-order valence-electron chi connectivity index (χ1n) is 5.12. The van der Waals surface area contributed by atoms with Crippen molar-refractivity contribution < 1.29 is 4.74 Å². The Morgan fingerprint density at radius 3 is 2.67 bits per heavy atom. The fourth-order valence-corrected chi connectivity index (χ4v) is 2.18. The molecule has 15 heavy (non-hydrogen) atoms. The summed E-state index contributed by atoms with van der Waals surface area (Å²) >= 11 is 5.93. The molecule has 3 heteroatoms. The lowest BCUT2D eigenvalue weighted by atomic mass is 10.1. The van der Waals surface area contributed by atoms with E-state index in [0.717, 1.165) is 24.7 Å². The third-order valence-corrected chi connectivity index (χ3v) is 3.35. The molecule has 0 aliphatic rings. The van der Waals surface area contributed by atoms with E-state index < -0.39 is 0 Å². The minimum absolute atomic E-state index is 0.747. The van der Waals surface area contributed by atoms with Crippen LogP contribution in [0.15, 0.2) is 23.1 Å². The molecule has 0 aliphatic heterocycles. The van der Waals surface area contributed by atoms with Crippen molar-refractivity contribution in [3.63, 3.8) is 0 Å². The molecule has 84 valence electrons. The molecule has 0 saturated heterocycles. The van der Waals surface area contributed by atoms with Crippen molar-refractivity contribution in [1.82, 2.24) is 0 Å². The van der Waals surface area contributed by atoms with E-state index in [1.54, 1.807) is 0 Å². The van der Waals surface area contributed by atoms with Gasteiger partial charge in [-0.15, -0.1) is 11.8 Å². The Morgan fingerprint density at radius 2 is 2.00 bits per heavy atom. The van der Waals surface area contributed by atoms with Crippen LogP contribution in [-0.4, -0.2) is 24.7 Å². The first-order chi connectivity index (χ1) is 7.24. The van der Waals surface area contributed by atoms with Gasteiger partial charge in [-0.1, -0.05) is 6.07 Å². The zero-order valence-corrected chi connectivity index (χ0v) is 11.0. The van der Waals surface area contributed by atoms with Crippen LogP contribution in [-0.2, 0) is 4.74 Å². The number of ether oxygens (including phenoxy) is 1. The topological polar surface area (TPSA) is 9.23 Å². The summed E-state index contributed by atoms with van der Waals surface area (Å²) in [5.41, 5.74) is 2.71. The molecule has 0 spiro atoms. The van der Waals surface area contributed by atoms with E-state index in [2.05, 4.69) is 44.7 Å². The predicted octanol–water partition coefficient (Wildman–Crippen LogP) is 3.34. The Hall–Kier alpha value is -0.120. The minimum Gasteiger partial charge on any atom is -0.380 e. The van der Waals surface area contributed by atoms with E-state index in [1.807, 2.05) is 11.8 Å². The summed E-state index contributed by atoms with van der Waals surface area (Å²) in [5.74, 6) is 1.81. The molecule has 0 aromatic heterocycles. The fourth-order valence-electron chi connectivity index (χ4n) is 1.19. The third-order valence-electron chi connectivity index (χ3n) is 2.21. The molecule has 1 rings (SSSR count). The van der Waals surface area contributed by atoms with Crippen molar-refractivity contribution >= 4 is 24.4 Å². The first-order valence-corrected chi connectivity index (χ1v) is 6.74. The molecule has 0 radical (unpaired) electrons. The SMILES string of the molecule is Cc1ccc(SCCOCCS)cc1C. The molecule has 0 atom stereocenters. The van der Waals surface area contributed by atoms with Crippen LogP contribution in [0.3, 0.4) is 0 Å². The Bertz CT molecular complexity index is 300. The monoisotopic (exact) mass is 242 g/mol. The Labute approximate surface area is 102 Å². The van der Waals surface area contributed by atoms with Gasteiger partial charge in [-0.3, -0.25) is 0 Å². The summed E-state index contributed by atoms with van der Waals surface area (Å²) in [4.78, 5) is 1.33. The van der Waals surface area contributed by atoms with Crippen molar-refractivity contribution in [1.29, 1.82) is 0 Å². The fraction of sp³-hybridized carbons (Fsp3) is 0.500. The summed E-state index contributed by atoms with van der Waals surface area (Å²) in [5, 5.41) is 0. The second-order valence-electron chi connectivity index (χ2n) is 3.43. The highest BCUT2D eigenvalue weighted by molar-refractivity contribution is 7.99. The molecule has 1 aromatic rings. The van der Waals surface area contributed by atoms with Gasteiger partial charge < -0.3 is 4.74 Å². The zero-order valence-electron chi connectivity index (χ0n) is 9.32. The molecule has 0 N–H and O–H groups in total. The molecule has 0 amide bonds. The van der Waals surface area contributed by atoms with Gasteiger partial charge >= 0.3 is 0 Å². The van der Waals surface area contributed by atoms with Crippen LogP contribution < -0.4 is 0 Å². The molecule has 1 nitrogen and oxygen atoms in total. The second-order valence-corrected chi connectivity index (χ2v) is 5.05. The van der Waals surface area contributed by atoms with Gasteiger partial charge in [0.1, 0.15) is 0 Å². The summed E-state index contributed by atoms with van der Waals surface area (Å²) in [6.45, 7) is 5.84. The van der Waals surface area contributed by atoms with E-state index in [-0.39, 0.29) is 0 Å². The van der Waals surface area contributed by atoms with Crippen LogP contribution in [0, 0.1) is 13.8 Å². The van der Waals surface area contributed by atoms with Gasteiger partial charge in [-0.25, -0.2) is 0 Å². The normalized spacial score (nSPS) is 10.6. The number of thiol groups is 1. The van der Waals surface area contributed by atoms with Crippen LogP contribution in [0.4, 0.5) is 0 Å². The summed E-state index contributed by atoms with van der Waals surface area (Å²) < 4.78 is 5.36. The molecule has 0 unspecified atom stereocenters. The second kappa shape index (κ2) is 7.20. The van der Waals surface area contributed by atoms with Crippen molar-refractivity contribution in [2.45, 2.75) is 18.7 Å². The van der Waals surface area contributed by atoms with Crippen LogP contribution >= 0.6 is 24.4 Å². The average molecular weight is 242 g/mol. The van der Waals surface area contributed by atoms with E-state index >= 15 is 0 Å². The van der Waals surface area contributed by atoms with Gasteiger partial charge in [-0.05, 0) is 37.1 Å². The largest absolute Gasteiger partial charge is 0.380 e. The van der Waals surface area contributed by atoms with Gasteiger partial charge in [0.2, 0.25) is 0 Å². The summed E-state index contributed by atoms with van der Waals surface area (Å²) in [7, 11) is 0. The maximum Gasteiger partial charge on any atom is 0.0560 e. The van der Waals surface area contributed by atoms with E-state index in [1.165, 1.54) is 16.0 Å². The lowest BCUT2D eigenvalue weighted by Gasteiger charge is -2.05. The van der Waals surface area contributed by atoms with E-state index in [0.29, 0.717) is 0 Å². The number of hydrogen-bond donors (Lipinski definition) is 1. The first kappa shape index (κ1) is 12.9. The molecule has 0 heterocycles. The quantitative estimate of drug-likeness (QED) is 0.465. The Kier molecular flexibility index (Phi) is 6.22. The molecular formula is C12H18OS2. The average Bonchev–Trinajstić information content (AvgIpc) is 2.23. The van der Waals surface area contributed by atoms with Gasteiger partial charge in [0.15, 0.2) is 0 Å². The Balaban J connectivity index is 2.28. The molecule has 0 saturated carbocycles. The number of thioether (sulfide) groups is 1. The smallest absolute Gasteiger partial charge is 0.0560 e. The lowest BCUT2D eigenvalue weighted by molar-refractivity contribution is 0.167. The number of rotatable bonds is 6. The van der Waals surface area contributed by atoms with Crippen LogP contribution in [0.2, 0.25) is 0 Å². The zero-order chi connectivity index (χ0) is 11.1. The van der Waals surface area contributed by atoms with Crippen LogP contribution in [0.25, 0.3) is 0 Å². The van der Waals surface area contributed by atoms with Crippen molar-refractivity contribution in [3.8, 4) is 0 Å². The highest BCUT2D eigenvalue weighted by Gasteiger charge is 1.97. The Morgan fingerprint density at radius 1 is 1.20 bits per heavy atom. The minimum atomic E-state index is 0.747. The third kappa shape index (κ3) is 4.96. The number of aryl methyl sites for hydroxylation is 2. The maximum absolute atomic E-state index is 5.36. The molecule has 0 aliphatic carbocycles. The van der Waals surface area contributed by atoms with Crippen molar-refractivity contribution in [2.24, 2.45) is 0 Å². The van der Waals surface area contributed by atoms with Gasteiger partial charge in [-0.2, -0.15) is 12.6 Å². The summed E-state index contributed by atoms with van der Waals surface area (Å²) in [6.07, 6.45) is 0. The number of hydrogen-bond acceptors (Lipinski definition) is 3. The predicted molar refractivity (Wildman–Crippen MR) is 71.3 cm³/mol. The van der Waals surface area contributed by atoms with E-state index in [9.17, 15) is 0 Å². The maximum atomic E-state index is 5.36. The lowest BCUT2D eigenvalue weighted by Crippen LogP contribution is -1.99. The van der Waals surface area contributed by atoms with Gasteiger partial charge in [0.05, 0.1) is 13.2 Å². The molecule has 0 bridgehead atoms. The highest BCUT2D eigenvalue weighted by atomic mass is 32.2. The van der Waals surface area contributed by atoms with Crippen molar-refractivity contribution in [3.05, 3.63) is 29.3 Å². The van der Waals surface area contributed by atoms with Gasteiger partial charge in [0.25, 0.3) is 0 Å². The van der Waals surface area contributed by atoms with E-state index in [4.69, 9.17) is 4.74 Å². The molecule has 0 fully saturated rings. The number of benzene rings is 1. The molecular weight excluding hydrogens is 224 g/mol. The van der Waals surface area contributed by atoms with Gasteiger partial charge in [0, 0.05) is 16.4 Å². The highest BCUT2D eigenvalue weighted by Crippen LogP contribution is 2.20.